The minimum absolute atomic E-state index is 0.118. The molecule has 2 N–H and O–H groups in total. The zero-order valence-corrected chi connectivity index (χ0v) is 14.8. The van der Waals surface area contributed by atoms with Crippen molar-refractivity contribution in [3.8, 4) is 11.8 Å². The van der Waals surface area contributed by atoms with E-state index in [2.05, 4.69) is 26.6 Å². The van der Waals surface area contributed by atoms with Crippen LogP contribution in [0.25, 0.3) is 0 Å². The third-order valence-corrected chi connectivity index (χ3v) is 3.45. The predicted molar refractivity (Wildman–Crippen MR) is 94.2 cm³/mol. The second kappa shape index (κ2) is 9.49. The lowest BCUT2D eigenvalue weighted by Gasteiger charge is -2.09. The van der Waals surface area contributed by atoms with Gasteiger partial charge in [-0.1, -0.05) is 6.07 Å². The molecule has 0 unspecified atom stereocenters. The van der Waals surface area contributed by atoms with E-state index in [0.29, 0.717) is 35.6 Å². The van der Waals surface area contributed by atoms with Gasteiger partial charge in [-0.05, 0) is 46.6 Å². The fourth-order valence-corrected chi connectivity index (χ4v) is 2.20. The van der Waals surface area contributed by atoms with Crippen molar-refractivity contribution in [2.45, 2.75) is 12.8 Å². The molecule has 0 fully saturated rings. The number of rotatable bonds is 8. The lowest BCUT2D eigenvalue weighted by Crippen LogP contribution is -2.32. The lowest BCUT2D eigenvalue weighted by atomic mass is 10.3. The Morgan fingerprint density at radius 1 is 1.28 bits per heavy atom. The summed E-state index contributed by atoms with van der Waals surface area (Å²) in [5.74, 6) is -0.135. The van der Waals surface area contributed by atoms with Gasteiger partial charge in [-0.25, -0.2) is 0 Å². The largest absolute Gasteiger partial charge is 0.493 e. The average molecular weight is 406 g/mol. The van der Waals surface area contributed by atoms with Crippen LogP contribution in [0.4, 0.5) is 5.69 Å². The highest BCUT2D eigenvalue weighted by Crippen LogP contribution is 2.17. The quantitative estimate of drug-likeness (QED) is 0.656. The second-order valence-electron chi connectivity index (χ2n) is 4.97. The molecule has 0 saturated heterocycles. The minimum atomic E-state index is -0.476. The Bertz CT molecular complexity index is 782. The van der Waals surface area contributed by atoms with Crippen LogP contribution in [0.1, 0.15) is 23.4 Å². The van der Waals surface area contributed by atoms with Gasteiger partial charge in [0.1, 0.15) is 5.75 Å². The molecule has 1 aromatic heterocycles. The number of anilines is 1. The van der Waals surface area contributed by atoms with E-state index in [0.717, 1.165) is 0 Å². The highest BCUT2D eigenvalue weighted by atomic mass is 79.9. The fraction of sp³-hybridized carbons (Fsp3) is 0.235. The first kappa shape index (κ1) is 18.5. The summed E-state index contributed by atoms with van der Waals surface area (Å²) in [5.41, 5.74) is 0.553. The summed E-state index contributed by atoms with van der Waals surface area (Å²) in [6, 6.07) is 12.0. The van der Waals surface area contributed by atoms with E-state index in [1.807, 2.05) is 6.07 Å². The standard InChI is InChI=1S/C17H16BrN3O4/c18-15-7-6-14(25-15)17(23)20-11-16(22)21-12-4-3-5-13(10-12)24-9-2-1-8-19/h3-7,10H,1-2,9,11H2,(H,20,23)(H,21,22). The molecule has 0 atom stereocenters. The van der Waals surface area contributed by atoms with Crippen molar-refractivity contribution in [2.75, 3.05) is 18.5 Å². The van der Waals surface area contributed by atoms with Crippen LogP contribution in [0.2, 0.25) is 0 Å². The number of carbonyl (C=O) groups excluding carboxylic acids is 2. The van der Waals surface area contributed by atoms with Gasteiger partial charge in [0, 0.05) is 18.2 Å². The van der Waals surface area contributed by atoms with E-state index in [-0.39, 0.29) is 18.2 Å². The zero-order valence-electron chi connectivity index (χ0n) is 13.3. The van der Waals surface area contributed by atoms with E-state index >= 15 is 0 Å². The SMILES string of the molecule is N#CCCCOc1cccc(NC(=O)CNC(=O)c2ccc(Br)o2)c1. The number of nitrogens with zero attached hydrogens (tertiary/aromatic N) is 1. The van der Waals surface area contributed by atoms with E-state index in [4.69, 9.17) is 14.4 Å². The number of hydrogen-bond donors (Lipinski definition) is 2. The first-order valence-electron chi connectivity index (χ1n) is 7.51. The Balaban J connectivity index is 1.80. The lowest BCUT2D eigenvalue weighted by molar-refractivity contribution is -0.115. The number of benzene rings is 1. The van der Waals surface area contributed by atoms with E-state index in [1.165, 1.54) is 6.07 Å². The monoisotopic (exact) mass is 405 g/mol. The van der Waals surface area contributed by atoms with Crippen LogP contribution in [0, 0.1) is 11.3 Å². The van der Waals surface area contributed by atoms with Crippen LogP contribution in [-0.2, 0) is 4.79 Å². The van der Waals surface area contributed by atoms with Gasteiger partial charge in [0.25, 0.3) is 5.91 Å². The van der Waals surface area contributed by atoms with Crippen molar-refractivity contribution >= 4 is 33.4 Å². The number of carbonyl (C=O) groups is 2. The van der Waals surface area contributed by atoms with Crippen LogP contribution in [0.15, 0.2) is 45.5 Å². The van der Waals surface area contributed by atoms with E-state index in [1.54, 1.807) is 30.3 Å². The van der Waals surface area contributed by atoms with Crippen LogP contribution in [-0.4, -0.2) is 25.0 Å². The van der Waals surface area contributed by atoms with Crippen molar-refractivity contribution in [3.63, 3.8) is 0 Å². The molecule has 1 heterocycles. The summed E-state index contributed by atoms with van der Waals surface area (Å²) < 4.78 is 11.0. The Morgan fingerprint density at radius 3 is 2.84 bits per heavy atom. The highest BCUT2D eigenvalue weighted by molar-refractivity contribution is 9.10. The zero-order chi connectivity index (χ0) is 18.1. The smallest absolute Gasteiger partial charge is 0.287 e. The molecular formula is C17H16BrN3O4. The first-order chi connectivity index (χ1) is 12.1. The Labute approximate surface area is 153 Å². The fourth-order valence-electron chi connectivity index (χ4n) is 1.89. The maximum atomic E-state index is 11.9. The number of nitrogens with one attached hydrogen (secondary N) is 2. The summed E-state index contributed by atoms with van der Waals surface area (Å²) >= 11 is 3.10. The Hall–Kier alpha value is -2.79. The predicted octanol–water partition coefficient (Wildman–Crippen LogP) is 3.09. The summed E-state index contributed by atoms with van der Waals surface area (Å²) in [6.45, 7) is 0.240. The van der Waals surface area contributed by atoms with Crippen molar-refractivity contribution in [1.82, 2.24) is 5.32 Å². The molecular weight excluding hydrogens is 390 g/mol. The normalized spacial score (nSPS) is 9.92. The molecule has 2 aromatic rings. The van der Waals surface area contributed by atoms with Crippen LogP contribution < -0.4 is 15.4 Å². The molecule has 2 rings (SSSR count). The van der Waals surface area contributed by atoms with Crippen molar-refractivity contribution < 1.29 is 18.7 Å². The molecule has 130 valence electrons. The Kier molecular flexibility index (Phi) is 7.04. The number of halogens is 1. The maximum absolute atomic E-state index is 11.9. The van der Waals surface area contributed by atoms with E-state index < -0.39 is 5.91 Å². The third-order valence-electron chi connectivity index (χ3n) is 3.03. The first-order valence-corrected chi connectivity index (χ1v) is 8.31. The second-order valence-corrected chi connectivity index (χ2v) is 5.75. The van der Waals surface area contributed by atoms with Gasteiger partial charge in [-0.3, -0.25) is 9.59 Å². The van der Waals surface area contributed by atoms with Gasteiger partial charge in [-0.2, -0.15) is 5.26 Å². The number of hydrogen-bond acceptors (Lipinski definition) is 5. The average Bonchev–Trinajstić information content (AvgIpc) is 3.03. The molecule has 0 radical (unpaired) electrons. The highest BCUT2D eigenvalue weighted by Gasteiger charge is 2.12. The van der Waals surface area contributed by atoms with Crippen molar-refractivity contribution in [2.24, 2.45) is 0 Å². The molecule has 0 saturated carbocycles. The molecule has 0 aliphatic rings. The third kappa shape index (κ3) is 6.31. The number of ether oxygens (including phenoxy) is 1. The van der Waals surface area contributed by atoms with Crippen molar-refractivity contribution in [3.05, 3.63) is 46.8 Å². The maximum Gasteiger partial charge on any atom is 0.287 e. The van der Waals surface area contributed by atoms with Gasteiger partial charge < -0.3 is 19.8 Å². The van der Waals surface area contributed by atoms with Crippen molar-refractivity contribution in [1.29, 1.82) is 5.26 Å². The molecule has 0 aliphatic heterocycles. The summed E-state index contributed by atoms with van der Waals surface area (Å²) in [6.07, 6.45) is 1.07. The number of unbranched alkanes of at least 4 members (excludes halogenated alkanes) is 1. The topological polar surface area (TPSA) is 104 Å². The van der Waals surface area contributed by atoms with Crippen LogP contribution in [0.3, 0.4) is 0 Å². The molecule has 0 aliphatic carbocycles. The molecule has 8 heteroatoms. The molecule has 0 spiro atoms. The van der Waals surface area contributed by atoms with E-state index in [9.17, 15) is 9.59 Å². The van der Waals surface area contributed by atoms with Gasteiger partial charge in [-0.15, -0.1) is 0 Å². The molecule has 1 aromatic carbocycles. The number of amides is 2. The molecule has 7 nitrogen and oxygen atoms in total. The van der Waals surface area contributed by atoms with Gasteiger partial charge >= 0.3 is 0 Å². The van der Waals surface area contributed by atoms with Gasteiger partial charge in [0.15, 0.2) is 10.4 Å². The van der Waals surface area contributed by atoms with Crippen LogP contribution >= 0.6 is 15.9 Å². The summed E-state index contributed by atoms with van der Waals surface area (Å²) in [4.78, 5) is 23.7. The van der Waals surface area contributed by atoms with Gasteiger partial charge in [0.05, 0.1) is 19.2 Å². The molecule has 2 amide bonds. The number of furan rings is 1. The van der Waals surface area contributed by atoms with Gasteiger partial charge in [0.2, 0.25) is 5.91 Å². The molecule has 0 bridgehead atoms. The number of nitriles is 1. The molecule has 25 heavy (non-hydrogen) atoms. The Morgan fingerprint density at radius 2 is 2.12 bits per heavy atom. The summed E-state index contributed by atoms with van der Waals surface area (Å²) in [7, 11) is 0. The summed E-state index contributed by atoms with van der Waals surface area (Å²) in [5, 5.41) is 13.6. The van der Waals surface area contributed by atoms with Crippen LogP contribution in [0.5, 0.6) is 5.75 Å². The minimum Gasteiger partial charge on any atom is -0.493 e.